The molecular formula is C14H28N2O2. The summed E-state index contributed by atoms with van der Waals surface area (Å²) in [6.45, 7) is 10.6. The second-order valence-corrected chi connectivity index (χ2v) is 5.37. The van der Waals surface area contributed by atoms with E-state index in [1.807, 2.05) is 13.8 Å². The van der Waals surface area contributed by atoms with E-state index in [1.54, 1.807) is 0 Å². The van der Waals surface area contributed by atoms with Gasteiger partial charge in [-0.3, -0.25) is 9.69 Å². The molecule has 4 heteroatoms. The molecule has 0 aromatic carbocycles. The van der Waals surface area contributed by atoms with Crippen LogP contribution in [0.15, 0.2) is 0 Å². The maximum atomic E-state index is 11.8. The number of nitrogens with one attached hydrogen (secondary N) is 1. The van der Waals surface area contributed by atoms with Crippen LogP contribution in [0.3, 0.4) is 0 Å². The molecule has 0 saturated carbocycles. The number of rotatable bonds is 6. The van der Waals surface area contributed by atoms with Crippen LogP contribution in [-0.4, -0.2) is 48.7 Å². The first-order chi connectivity index (χ1) is 8.56. The fraction of sp³-hybridized carbons (Fsp3) is 0.929. The van der Waals surface area contributed by atoms with E-state index < -0.39 is 0 Å². The summed E-state index contributed by atoms with van der Waals surface area (Å²) >= 11 is 0. The average molecular weight is 256 g/mol. The van der Waals surface area contributed by atoms with Gasteiger partial charge in [-0.25, -0.2) is 0 Å². The van der Waals surface area contributed by atoms with Crippen LogP contribution in [0.5, 0.6) is 0 Å². The third kappa shape index (κ3) is 4.58. The Labute approximate surface area is 111 Å². The van der Waals surface area contributed by atoms with Crippen LogP contribution in [0.25, 0.3) is 0 Å². The lowest BCUT2D eigenvalue weighted by Crippen LogP contribution is -2.51. The molecule has 1 aliphatic rings. The molecule has 0 aliphatic carbocycles. The molecule has 0 radical (unpaired) electrons. The summed E-state index contributed by atoms with van der Waals surface area (Å²) in [4.78, 5) is 14.1. The zero-order valence-corrected chi connectivity index (χ0v) is 12.2. The first kappa shape index (κ1) is 15.4. The normalized spacial score (nSPS) is 22.2. The molecule has 0 bridgehead atoms. The van der Waals surface area contributed by atoms with E-state index in [0.717, 1.165) is 13.1 Å². The third-order valence-electron chi connectivity index (χ3n) is 3.63. The van der Waals surface area contributed by atoms with Crippen molar-refractivity contribution in [3.63, 3.8) is 0 Å². The number of esters is 1. The van der Waals surface area contributed by atoms with Crippen molar-refractivity contribution in [1.29, 1.82) is 0 Å². The SMILES string of the molecule is CCOC(=O)C(C)N(CC1CCCCN1)C(C)C. The molecule has 1 N–H and O–H groups in total. The van der Waals surface area contributed by atoms with Crippen molar-refractivity contribution in [1.82, 2.24) is 10.2 Å². The largest absolute Gasteiger partial charge is 0.465 e. The molecule has 4 nitrogen and oxygen atoms in total. The van der Waals surface area contributed by atoms with Crippen molar-refractivity contribution in [2.24, 2.45) is 0 Å². The van der Waals surface area contributed by atoms with Crippen LogP contribution in [0, 0.1) is 0 Å². The summed E-state index contributed by atoms with van der Waals surface area (Å²) in [5.41, 5.74) is 0. The minimum absolute atomic E-state index is 0.109. The maximum Gasteiger partial charge on any atom is 0.323 e. The monoisotopic (exact) mass is 256 g/mol. The number of hydrogen-bond acceptors (Lipinski definition) is 4. The molecule has 0 spiro atoms. The topological polar surface area (TPSA) is 41.6 Å². The van der Waals surface area contributed by atoms with Crippen molar-refractivity contribution in [3.8, 4) is 0 Å². The van der Waals surface area contributed by atoms with E-state index in [-0.39, 0.29) is 12.0 Å². The molecule has 106 valence electrons. The zero-order chi connectivity index (χ0) is 13.5. The first-order valence-electron chi connectivity index (χ1n) is 7.22. The Balaban J connectivity index is 2.55. The van der Waals surface area contributed by atoms with Gasteiger partial charge in [-0.2, -0.15) is 0 Å². The van der Waals surface area contributed by atoms with Crippen LogP contribution in [0.2, 0.25) is 0 Å². The number of carbonyl (C=O) groups excluding carboxylic acids is 1. The quantitative estimate of drug-likeness (QED) is 0.736. The average Bonchev–Trinajstić information content (AvgIpc) is 2.36. The molecule has 18 heavy (non-hydrogen) atoms. The van der Waals surface area contributed by atoms with Gasteiger partial charge in [0.2, 0.25) is 0 Å². The van der Waals surface area contributed by atoms with Gasteiger partial charge in [0.05, 0.1) is 6.61 Å². The van der Waals surface area contributed by atoms with Gasteiger partial charge < -0.3 is 10.1 Å². The molecule has 0 amide bonds. The predicted molar refractivity (Wildman–Crippen MR) is 73.6 cm³/mol. The van der Waals surface area contributed by atoms with Crippen LogP contribution in [0.4, 0.5) is 0 Å². The van der Waals surface area contributed by atoms with Crippen LogP contribution in [0.1, 0.15) is 47.0 Å². The van der Waals surface area contributed by atoms with Gasteiger partial charge in [-0.15, -0.1) is 0 Å². The Kier molecular flexibility index (Phi) is 6.65. The van der Waals surface area contributed by atoms with Crippen molar-refractivity contribution >= 4 is 5.97 Å². The second-order valence-electron chi connectivity index (χ2n) is 5.37. The number of nitrogens with zero attached hydrogens (tertiary/aromatic N) is 1. The van der Waals surface area contributed by atoms with Gasteiger partial charge in [-0.1, -0.05) is 6.42 Å². The van der Waals surface area contributed by atoms with E-state index in [4.69, 9.17) is 4.74 Å². The lowest BCUT2D eigenvalue weighted by atomic mass is 10.0. The zero-order valence-electron chi connectivity index (χ0n) is 12.2. The summed E-state index contributed by atoms with van der Waals surface area (Å²) in [5.74, 6) is -0.109. The van der Waals surface area contributed by atoms with Crippen molar-refractivity contribution in [2.45, 2.75) is 65.1 Å². The van der Waals surface area contributed by atoms with E-state index in [1.165, 1.54) is 19.3 Å². The molecule has 0 aromatic heterocycles. The first-order valence-corrected chi connectivity index (χ1v) is 7.22. The highest BCUT2D eigenvalue weighted by Crippen LogP contribution is 2.13. The highest BCUT2D eigenvalue weighted by atomic mass is 16.5. The fourth-order valence-corrected chi connectivity index (χ4v) is 2.55. The summed E-state index contributed by atoms with van der Waals surface area (Å²) in [7, 11) is 0. The van der Waals surface area contributed by atoms with Gasteiger partial charge in [0.25, 0.3) is 0 Å². The molecule has 1 fully saturated rings. The van der Waals surface area contributed by atoms with E-state index in [9.17, 15) is 4.79 Å². The minimum atomic E-state index is -0.159. The standard InChI is InChI=1S/C14H28N2O2/c1-5-18-14(17)12(4)16(11(2)3)10-13-8-6-7-9-15-13/h11-13,15H,5-10H2,1-4H3. The lowest BCUT2D eigenvalue weighted by molar-refractivity contribution is -0.149. The molecule has 1 saturated heterocycles. The highest BCUT2D eigenvalue weighted by molar-refractivity contribution is 5.75. The lowest BCUT2D eigenvalue weighted by Gasteiger charge is -2.36. The molecule has 1 heterocycles. The Bertz CT molecular complexity index is 250. The highest BCUT2D eigenvalue weighted by Gasteiger charge is 2.27. The van der Waals surface area contributed by atoms with E-state index in [2.05, 4.69) is 24.1 Å². The predicted octanol–water partition coefficient (Wildman–Crippen LogP) is 1.79. The van der Waals surface area contributed by atoms with Crippen molar-refractivity contribution < 1.29 is 9.53 Å². The number of carbonyl (C=O) groups is 1. The molecule has 2 atom stereocenters. The van der Waals surface area contributed by atoms with Crippen molar-refractivity contribution in [3.05, 3.63) is 0 Å². The molecule has 2 unspecified atom stereocenters. The minimum Gasteiger partial charge on any atom is -0.465 e. The van der Waals surface area contributed by atoms with Gasteiger partial charge in [0, 0.05) is 18.6 Å². The Morgan fingerprint density at radius 2 is 2.11 bits per heavy atom. The molecule has 1 aliphatic heterocycles. The van der Waals surface area contributed by atoms with Gasteiger partial charge in [0.1, 0.15) is 6.04 Å². The summed E-state index contributed by atoms with van der Waals surface area (Å²) in [5, 5.41) is 3.54. The summed E-state index contributed by atoms with van der Waals surface area (Å²) in [6.07, 6.45) is 3.77. The Hall–Kier alpha value is -0.610. The molecular weight excluding hydrogens is 228 g/mol. The van der Waals surface area contributed by atoms with E-state index in [0.29, 0.717) is 18.7 Å². The van der Waals surface area contributed by atoms with Gasteiger partial charge in [0.15, 0.2) is 0 Å². The molecule has 0 aromatic rings. The van der Waals surface area contributed by atoms with E-state index >= 15 is 0 Å². The second kappa shape index (κ2) is 7.74. The van der Waals surface area contributed by atoms with Crippen LogP contribution < -0.4 is 5.32 Å². The smallest absolute Gasteiger partial charge is 0.323 e. The fourth-order valence-electron chi connectivity index (χ4n) is 2.55. The summed E-state index contributed by atoms with van der Waals surface area (Å²) < 4.78 is 5.12. The van der Waals surface area contributed by atoms with Crippen LogP contribution in [-0.2, 0) is 9.53 Å². The number of hydrogen-bond donors (Lipinski definition) is 1. The summed E-state index contributed by atoms with van der Waals surface area (Å²) in [6, 6.07) is 0.708. The van der Waals surface area contributed by atoms with Crippen LogP contribution >= 0.6 is 0 Å². The Morgan fingerprint density at radius 3 is 2.61 bits per heavy atom. The number of ether oxygens (including phenoxy) is 1. The third-order valence-corrected chi connectivity index (χ3v) is 3.63. The van der Waals surface area contributed by atoms with Gasteiger partial charge >= 0.3 is 5.97 Å². The Morgan fingerprint density at radius 1 is 1.39 bits per heavy atom. The maximum absolute atomic E-state index is 11.8. The number of piperidine rings is 1. The molecule has 1 rings (SSSR count). The van der Waals surface area contributed by atoms with Gasteiger partial charge in [-0.05, 0) is 47.1 Å². The van der Waals surface area contributed by atoms with Crippen molar-refractivity contribution in [2.75, 3.05) is 19.7 Å².